The Morgan fingerprint density at radius 3 is 2.95 bits per heavy atom. The third kappa shape index (κ3) is 3.48. The van der Waals surface area contributed by atoms with Gasteiger partial charge in [-0.3, -0.25) is 0 Å². The summed E-state index contributed by atoms with van der Waals surface area (Å²) < 4.78 is 0. The normalized spacial score (nSPS) is 21.6. The van der Waals surface area contributed by atoms with Crippen molar-refractivity contribution in [3.05, 3.63) is 29.1 Å². The molecule has 0 radical (unpaired) electrons. The van der Waals surface area contributed by atoms with Gasteiger partial charge in [0.15, 0.2) is 0 Å². The van der Waals surface area contributed by atoms with Gasteiger partial charge in [-0.05, 0) is 36.6 Å². The lowest BCUT2D eigenvalue weighted by molar-refractivity contribution is 0.0780. The summed E-state index contributed by atoms with van der Waals surface area (Å²) in [6.45, 7) is 2.86. The number of fused-ring (bicyclic) bond motifs is 1. The molecule has 3 nitrogen and oxygen atoms in total. The van der Waals surface area contributed by atoms with Crippen molar-refractivity contribution >= 4 is 6.08 Å². The summed E-state index contributed by atoms with van der Waals surface area (Å²) in [7, 11) is 0. The van der Waals surface area contributed by atoms with Crippen LogP contribution in [0.3, 0.4) is 0 Å². The SMILES string of the molecule is CCCCCCC1(O)C=Cc2[nH]cc(CCN)c2C1. The molecule has 1 aromatic heterocycles. The van der Waals surface area contributed by atoms with Crippen LogP contribution in [0.1, 0.15) is 55.8 Å². The van der Waals surface area contributed by atoms with Crippen LogP contribution in [0.25, 0.3) is 6.08 Å². The van der Waals surface area contributed by atoms with Crippen molar-refractivity contribution in [3.8, 4) is 0 Å². The molecule has 106 valence electrons. The number of nitrogens with two attached hydrogens (primary N) is 1. The van der Waals surface area contributed by atoms with E-state index in [9.17, 15) is 5.11 Å². The molecule has 2 rings (SSSR count). The summed E-state index contributed by atoms with van der Waals surface area (Å²) >= 11 is 0. The summed E-state index contributed by atoms with van der Waals surface area (Å²) in [6, 6.07) is 0. The number of hydrogen-bond acceptors (Lipinski definition) is 2. The minimum absolute atomic E-state index is 0.656. The Bertz CT molecular complexity index is 436. The predicted molar refractivity (Wildman–Crippen MR) is 80.0 cm³/mol. The van der Waals surface area contributed by atoms with E-state index in [-0.39, 0.29) is 0 Å². The van der Waals surface area contributed by atoms with Crippen LogP contribution in [0.4, 0.5) is 0 Å². The van der Waals surface area contributed by atoms with E-state index < -0.39 is 5.60 Å². The van der Waals surface area contributed by atoms with Gasteiger partial charge < -0.3 is 15.8 Å². The second-order valence-corrected chi connectivity index (χ2v) is 5.67. The highest BCUT2D eigenvalue weighted by Crippen LogP contribution is 2.31. The maximum atomic E-state index is 10.7. The number of rotatable bonds is 7. The van der Waals surface area contributed by atoms with Crippen molar-refractivity contribution in [1.82, 2.24) is 4.98 Å². The van der Waals surface area contributed by atoms with Gasteiger partial charge in [-0.2, -0.15) is 0 Å². The third-order valence-corrected chi connectivity index (χ3v) is 4.03. The lowest BCUT2D eigenvalue weighted by Crippen LogP contribution is -2.31. The molecule has 0 amide bonds. The molecule has 0 aliphatic heterocycles. The summed E-state index contributed by atoms with van der Waals surface area (Å²) in [5, 5.41) is 10.7. The minimum Gasteiger partial charge on any atom is -0.385 e. The Labute approximate surface area is 115 Å². The van der Waals surface area contributed by atoms with Crippen LogP contribution in [0, 0.1) is 0 Å². The lowest BCUT2D eigenvalue weighted by atomic mass is 9.83. The number of aromatic amines is 1. The molecule has 0 spiro atoms. The van der Waals surface area contributed by atoms with Crippen LogP contribution in [-0.4, -0.2) is 22.2 Å². The average Bonchev–Trinajstić information content (AvgIpc) is 2.78. The topological polar surface area (TPSA) is 62.0 Å². The van der Waals surface area contributed by atoms with Crippen molar-refractivity contribution in [2.45, 2.75) is 57.5 Å². The van der Waals surface area contributed by atoms with E-state index in [4.69, 9.17) is 5.73 Å². The zero-order valence-corrected chi connectivity index (χ0v) is 11.9. The van der Waals surface area contributed by atoms with Gasteiger partial charge in [0, 0.05) is 18.3 Å². The highest BCUT2D eigenvalue weighted by molar-refractivity contribution is 5.57. The van der Waals surface area contributed by atoms with Crippen LogP contribution in [-0.2, 0) is 12.8 Å². The molecule has 1 aliphatic carbocycles. The molecule has 0 fully saturated rings. The van der Waals surface area contributed by atoms with Gasteiger partial charge in [-0.15, -0.1) is 0 Å². The van der Waals surface area contributed by atoms with Crippen molar-refractivity contribution < 1.29 is 5.11 Å². The highest BCUT2D eigenvalue weighted by atomic mass is 16.3. The Morgan fingerprint density at radius 2 is 2.21 bits per heavy atom. The molecular weight excluding hydrogens is 236 g/mol. The maximum absolute atomic E-state index is 10.7. The number of aliphatic hydroxyl groups is 1. The molecule has 19 heavy (non-hydrogen) atoms. The van der Waals surface area contributed by atoms with Crippen LogP contribution in [0.2, 0.25) is 0 Å². The molecule has 4 N–H and O–H groups in total. The van der Waals surface area contributed by atoms with Gasteiger partial charge in [0.05, 0.1) is 5.60 Å². The van der Waals surface area contributed by atoms with E-state index in [1.54, 1.807) is 0 Å². The molecule has 1 heterocycles. The van der Waals surface area contributed by atoms with E-state index in [1.165, 1.54) is 30.4 Å². The fourth-order valence-electron chi connectivity index (χ4n) is 2.88. The first kappa shape index (κ1) is 14.4. The molecule has 0 saturated carbocycles. The van der Waals surface area contributed by atoms with E-state index >= 15 is 0 Å². The first-order valence-electron chi connectivity index (χ1n) is 7.49. The Balaban J connectivity index is 2.00. The Kier molecular flexibility index (Phi) is 4.83. The summed E-state index contributed by atoms with van der Waals surface area (Å²) in [6.07, 6.45) is 13.3. The molecule has 1 atom stereocenters. The van der Waals surface area contributed by atoms with E-state index in [2.05, 4.69) is 11.9 Å². The van der Waals surface area contributed by atoms with Gasteiger partial charge >= 0.3 is 0 Å². The summed E-state index contributed by atoms with van der Waals surface area (Å²) in [5.74, 6) is 0. The molecule has 0 bridgehead atoms. The van der Waals surface area contributed by atoms with Gasteiger partial charge in [0.25, 0.3) is 0 Å². The number of unbranched alkanes of at least 4 members (excludes halogenated alkanes) is 3. The second-order valence-electron chi connectivity index (χ2n) is 5.67. The number of H-pyrrole nitrogens is 1. The van der Waals surface area contributed by atoms with Gasteiger partial charge in [-0.1, -0.05) is 38.7 Å². The largest absolute Gasteiger partial charge is 0.385 e. The van der Waals surface area contributed by atoms with Crippen molar-refractivity contribution in [2.75, 3.05) is 6.54 Å². The molecule has 0 saturated heterocycles. The monoisotopic (exact) mass is 262 g/mol. The first-order chi connectivity index (χ1) is 9.18. The molecule has 0 aromatic carbocycles. The Morgan fingerprint density at radius 1 is 1.37 bits per heavy atom. The second kappa shape index (κ2) is 6.40. The van der Waals surface area contributed by atoms with Crippen molar-refractivity contribution in [2.24, 2.45) is 5.73 Å². The van der Waals surface area contributed by atoms with Crippen LogP contribution in [0.15, 0.2) is 12.3 Å². The molecular formula is C16H26N2O. The first-order valence-corrected chi connectivity index (χ1v) is 7.49. The van der Waals surface area contributed by atoms with Crippen molar-refractivity contribution in [1.29, 1.82) is 0 Å². The van der Waals surface area contributed by atoms with Crippen LogP contribution in [0.5, 0.6) is 0 Å². The quantitative estimate of drug-likeness (QED) is 0.662. The standard InChI is InChI=1S/C16H26N2O/c1-2-3-4-5-8-16(19)9-6-15-14(11-16)13(7-10-17)12-18-15/h6,9,12,18-19H,2-5,7-8,10-11,17H2,1H3. The summed E-state index contributed by atoms with van der Waals surface area (Å²) in [4.78, 5) is 3.27. The van der Waals surface area contributed by atoms with Gasteiger partial charge in [0.1, 0.15) is 0 Å². The molecule has 1 aliphatic rings. The number of nitrogens with one attached hydrogen (secondary N) is 1. The maximum Gasteiger partial charge on any atom is 0.0872 e. The van der Waals surface area contributed by atoms with Crippen molar-refractivity contribution in [3.63, 3.8) is 0 Å². The average molecular weight is 262 g/mol. The smallest absolute Gasteiger partial charge is 0.0872 e. The zero-order valence-electron chi connectivity index (χ0n) is 11.9. The predicted octanol–water partition coefficient (Wildman–Crippen LogP) is 2.79. The number of hydrogen-bond donors (Lipinski definition) is 3. The third-order valence-electron chi connectivity index (χ3n) is 4.03. The van der Waals surface area contributed by atoms with E-state index in [1.807, 2.05) is 18.3 Å². The lowest BCUT2D eigenvalue weighted by Gasteiger charge is -2.28. The zero-order chi connectivity index (χ0) is 13.7. The van der Waals surface area contributed by atoms with Gasteiger partial charge in [0.2, 0.25) is 0 Å². The molecule has 3 heteroatoms. The Hall–Kier alpha value is -1.06. The minimum atomic E-state index is -0.660. The fraction of sp³-hybridized carbons (Fsp3) is 0.625. The summed E-state index contributed by atoms with van der Waals surface area (Å²) in [5.41, 5.74) is 8.63. The molecule has 1 aromatic rings. The van der Waals surface area contributed by atoms with Gasteiger partial charge in [-0.25, -0.2) is 0 Å². The fourth-order valence-corrected chi connectivity index (χ4v) is 2.88. The van der Waals surface area contributed by atoms with Crippen LogP contribution < -0.4 is 5.73 Å². The van der Waals surface area contributed by atoms with E-state index in [0.717, 1.165) is 31.4 Å². The number of aromatic nitrogens is 1. The highest BCUT2D eigenvalue weighted by Gasteiger charge is 2.29. The molecule has 1 unspecified atom stereocenters. The van der Waals surface area contributed by atoms with E-state index in [0.29, 0.717) is 6.54 Å². The van der Waals surface area contributed by atoms with Crippen LogP contribution >= 0.6 is 0 Å².